The SMILES string of the molecule is O=C(CN1CCCCCC1)Nc1cccc(NC(=O)C2CCNC2)c1. The Kier molecular flexibility index (Phi) is 6.42. The average molecular weight is 344 g/mol. The van der Waals surface area contributed by atoms with Crippen molar-refractivity contribution in [2.45, 2.75) is 32.1 Å². The van der Waals surface area contributed by atoms with Gasteiger partial charge < -0.3 is 16.0 Å². The van der Waals surface area contributed by atoms with E-state index in [0.29, 0.717) is 6.54 Å². The first-order valence-corrected chi connectivity index (χ1v) is 9.34. The molecular formula is C19H28N4O2. The molecule has 1 atom stereocenters. The average Bonchev–Trinajstić information content (AvgIpc) is 3.01. The first kappa shape index (κ1) is 17.9. The fraction of sp³-hybridized carbons (Fsp3) is 0.579. The molecule has 2 fully saturated rings. The minimum absolute atomic E-state index is 0.00497. The lowest BCUT2D eigenvalue weighted by molar-refractivity contribution is -0.119. The molecule has 2 amide bonds. The highest BCUT2D eigenvalue weighted by Crippen LogP contribution is 2.18. The normalized spacial score (nSPS) is 21.5. The summed E-state index contributed by atoms with van der Waals surface area (Å²) in [5.41, 5.74) is 1.45. The van der Waals surface area contributed by atoms with Gasteiger partial charge in [0.25, 0.3) is 0 Å². The molecule has 6 nitrogen and oxygen atoms in total. The van der Waals surface area contributed by atoms with Crippen LogP contribution in [-0.4, -0.2) is 49.4 Å². The number of nitrogens with one attached hydrogen (secondary N) is 3. The topological polar surface area (TPSA) is 73.5 Å². The molecule has 2 saturated heterocycles. The van der Waals surface area contributed by atoms with Gasteiger partial charge in [-0.2, -0.15) is 0 Å². The minimum Gasteiger partial charge on any atom is -0.326 e. The molecule has 25 heavy (non-hydrogen) atoms. The number of anilines is 2. The summed E-state index contributed by atoms with van der Waals surface area (Å²) in [4.78, 5) is 26.7. The molecular weight excluding hydrogens is 316 g/mol. The van der Waals surface area contributed by atoms with Crippen LogP contribution in [0.4, 0.5) is 11.4 Å². The van der Waals surface area contributed by atoms with Crippen LogP contribution < -0.4 is 16.0 Å². The van der Waals surface area contributed by atoms with Crippen molar-refractivity contribution >= 4 is 23.2 Å². The van der Waals surface area contributed by atoms with E-state index in [1.54, 1.807) is 0 Å². The van der Waals surface area contributed by atoms with Crippen LogP contribution in [0.15, 0.2) is 24.3 Å². The predicted octanol–water partition coefficient (Wildman–Crippen LogP) is 2.05. The van der Waals surface area contributed by atoms with Crippen LogP contribution in [0.1, 0.15) is 32.1 Å². The molecule has 1 aromatic carbocycles. The second-order valence-electron chi connectivity index (χ2n) is 7.00. The van der Waals surface area contributed by atoms with Crippen LogP contribution in [-0.2, 0) is 9.59 Å². The lowest BCUT2D eigenvalue weighted by atomic mass is 10.1. The van der Waals surface area contributed by atoms with Crippen LogP contribution in [0.3, 0.4) is 0 Å². The van der Waals surface area contributed by atoms with Crippen molar-refractivity contribution in [3.63, 3.8) is 0 Å². The van der Waals surface area contributed by atoms with Gasteiger partial charge in [-0.25, -0.2) is 0 Å². The molecule has 0 saturated carbocycles. The maximum absolute atomic E-state index is 12.3. The molecule has 2 heterocycles. The van der Waals surface area contributed by atoms with Crippen LogP contribution in [0.5, 0.6) is 0 Å². The Labute approximate surface area is 149 Å². The number of carbonyl (C=O) groups is 2. The van der Waals surface area contributed by atoms with E-state index >= 15 is 0 Å². The fourth-order valence-electron chi connectivity index (χ4n) is 3.50. The number of benzene rings is 1. The van der Waals surface area contributed by atoms with Crippen molar-refractivity contribution in [1.29, 1.82) is 0 Å². The van der Waals surface area contributed by atoms with Gasteiger partial charge in [-0.1, -0.05) is 18.9 Å². The van der Waals surface area contributed by atoms with Gasteiger partial charge in [-0.3, -0.25) is 14.5 Å². The number of nitrogens with zero attached hydrogens (tertiary/aromatic N) is 1. The fourth-order valence-corrected chi connectivity index (χ4v) is 3.50. The second-order valence-corrected chi connectivity index (χ2v) is 7.00. The molecule has 0 bridgehead atoms. The van der Waals surface area contributed by atoms with Crippen LogP contribution in [0.2, 0.25) is 0 Å². The van der Waals surface area contributed by atoms with Gasteiger partial charge in [0, 0.05) is 17.9 Å². The van der Waals surface area contributed by atoms with Gasteiger partial charge >= 0.3 is 0 Å². The summed E-state index contributed by atoms with van der Waals surface area (Å²) in [6.07, 6.45) is 5.74. The molecule has 0 aromatic heterocycles. The Balaban J connectivity index is 1.51. The van der Waals surface area contributed by atoms with Crippen molar-refractivity contribution in [3.8, 4) is 0 Å². The summed E-state index contributed by atoms with van der Waals surface area (Å²) >= 11 is 0. The van der Waals surface area contributed by atoms with Crippen LogP contribution >= 0.6 is 0 Å². The van der Waals surface area contributed by atoms with Crippen molar-refractivity contribution in [2.75, 3.05) is 43.4 Å². The van der Waals surface area contributed by atoms with E-state index in [9.17, 15) is 9.59 Å². The van der Waals surface area contributed by atoms with E-state index in [2.05, 4.69) is 20.9 Å². The van der Waals surface area contributed by atoms with Gasteiger partial charge in [0.05, 0.1) is 12.5 Å². The zero-order valence-electron chi connectivity index (χ0n) is 14.7. The highest BCUT2D eigenvalue weighted by Gasteiger charge is 2.22. The van der Waals surface area contributed by atoms with E-state index in [1.165, 1.54) is 25.7 Å². The Hall–Kier alpha value is -1.92. The third-order valence-electron chi connectivity index (χ3n) is 4.91. The molecule has 3 rings (SSSR count). The molecule has 2 aliphatic heterocycles. The summed E-state index contributed by atoms with van der Waals surface area (Å²) in [5, 5.41) is 9.09. The van der Waals surface area contributed by atoms with E-state index < -0.39 is 0 Å². The van der Waals surface area contributed by atoms with Gasteiger partial charge in [0.15, 0.2) is 0 Å². The zero-order chi connectivity index (χ0) is 17.5. The Morgan fingerprint density at radius 2 is 1.80 bits per heavy atom. The molecule has 136 valence electrons. The number of hydrogen-bond donors (Lipinski definition) is 3. The molecule has 2 aliphatic rings. The number of likely N-dealkylation sites (tertiary alicyclic amines) is 1. The standard InChI is InChI=1S/C19H28N4O2/c24-18(14-23-10-3-1-2-4-11-23)21-16-6-5-7-17(12-16)22-19(25)15-8-9-20-13-15/h5-7,12,15,20H,1-4,8-11,13-14H2,(H,21,24)(H,22,25). The summed E-state index contributed by atoms with van der Waals surface area (Å²) in [6.45, 7) is 4.06. The van der Waals surface area contributed by atoms with Crippen molar-refractivity contribution < 1.29 is 9.59 Å². The highest BCUT2D eigenvalue weighted by atomic mass is 16.2. The lowest BCUT2D eigenvalue weighted by Gasteiger charge is -2.19. The maximum atomic E-state index is 12.3. The number of carbonyl (C=O) groups excluding carboxylic acids is 2. The molecule has 6 heteroatoms. The molecule has 0 radical (unpaired) electrons. The van der Waals surface area contributed by atoms with Gasteiger partial charge in [0.1, 0.15) is 0 Å². The minimum atomic E-state index is 0.00497. The third kappa shape index (κ3) is 5.54. The molecule has 1 unspecified atom stereocenters. The number of hydrogen-bond acceptors (Lipinski definition) is 4. The summed E-state index contributed by atoms with van der Waals surface area (Å²) in [6, 6.07) is 7.38. The monoisotopic (exact) mass is 344 g/mol. The summed E-state index contributed by atoms with van der Waals surface area (Å²) in [5.74, 6) is 0.0738. The van der Waals surface area contributed by atoms with Crippen molar-refractivity contribution in [2.24, 2.45) is 5.92 Å². The van der Waals surface area contributed by atoms with Gasteiger partial charge in [-0.15, -0.1) is 0 Å². The van der Waals surface area contributed by atoms with Crippen LogP contribution in [0.25, 0.3) is 0 Å². The van der Waals surface area contributed by atoms with E-state index in [4.69, 9.17) is 0 Å². The zero-order valence-corrected chi connectivity index (χ0v) is 14.7. The van der Waals surface area contributed by atoms with E-state index in [0.717, 1.165) is 44.0 Å². The summed E-state index contributed by atoms with van der Waals surface area (Å²) < 4.78 is 0. The van der Waals surface area contributed by atoms with Crippen molar-refractivity contribution in [1.82, 2.24) is 10.2 Å². The maximum Gasteiger partial charge on any atom is 0.238 e. The molecule has 0 spiro atoms. The molecule has 1 aromatic rings. The quantitative estimate of drug-likeness (QED) is 0.764. The number of rotatable bonds is 5. The van der Waals surface area contributed by atoms with Gasteiger partial charge in [0.2, 0.25) is 11.8 Å². The lowest BCUT2D eigenvalue weighted by Crippen LogP contribution is -2.33. The first-order chi connectivity index (χ1) is 12.2. The second kappa shape index (κ2) is 8.97. The van der Waals surface area contributed by atoms with Gasteiger partial charge in [-0.05, 0) is 57.1 Å². The Bertz CT molecular complexity index is 591. The Morgan fingerprint density at radius 1 is 1.08 bits per heavy atom. The molecule has 0 aliphatic carbocycles. The third-order valence-corrected chi connectivity index (χ3v) is 4.91. The van der Waals surface area contributed by atoms with E-state index in [-0.39, 0.29) is 17.7 Å². The van der Waals surface area contributed by atoms with Crippen molar-refractivity contribution in [3.05, 3.63) is 24.3 Å². The van der Waals surface area contributed by atoms with Crippen LogP contribution in [0, 0.1) is 5.92 Å². The highest BCUT2D eigenvalue weighted by molar-refractivity contribution is 5.95. The molecule has 3 N–H and O–H groups in total. The van der Waals surface area contributed by atoms with E-state index in [1.807, 2.05) is 24.3 Å². The Morgan fingerprint density at radius 3 is 2.48 bits per heavy atom. The summed E-state index contributed by atoms with van der Waals surface area (Å²) in [7, 11) is 0. The smallest absolute Gasteiger partial charge is 0.238 e. The number of amides is 2. The first-order valence-electron chi connectivity index (χ1n) is 9.34. The largest absolute Gasteiger partial charge is 0.326 e. The predicted molar refractivity (Wildman–Crippen MR) is 99.6 cm³/mol.